The molecule has 0 unspecified atom stereocenters. The zero-order valence-electron chi connectivity index (χ0n) is 16.8. The molecule has 0 spiro atoms. The largest absolute Gasteiger partial charge is 0.497 e. The molecule has 158 valence electrons. The number of anilines is 1. The Labute approximate surface area is 184 Å². The van der Waals surface area contributed by atoms with Crippen molar-refractivity contribution in [1.82, 2.24) is 9.97 Å². The number of benzene rings is 2. The Kier molecular flexibility index (Phi) is 5.88. The van der Waals surface area contributed by atoms with E-state index in [1.165, 1.54) is 20.3 Å². The third-order valence-corrected chi connectivity index (χ3v) is 6.82. The molecule has 0 aliphatic rings. The maximum Gasteiger partial charge on any atom is 0.265 e. The number of nitrogens with one attached hydrogen (secondary N) is 1. The first kappa shape index (κ1) is 20.8. The van der Waals surface area contributed by atoms with Crippen LogP contribution in [-0.2, 0) is 10.0 Å². The number of thiazole rings is 1. The number of pyridine rings is 1. The van der Waals surface area contributed by atoms with Crippen molar-refractivity contribution >= 4 is 27.0 Å². The van der Waals surface area contributed by atoms with Crippen molar-refractivity contribution < 1.29 is 17.9 Å². The summed E-state index contributed by atoms with van der Waals surface area (Å²) in [4.78, 5) is 8.69. The Morgan fingerprint density at radius 1 is 0.903 bits per heavy atom. The summed E-state index contributed by atoms with van der Waals surface area (Å²) in [6.07, 6.45) is 3.46. The van der Waals surface area contributed by atoms with Crippen LogP contribution in [0.1, 0.15) is 0 Å². The second-order valence-electron chi connectivity index (χ2n) is 6.47. The number of ether oxygens (including phenoxy) is 2. The molecule has 0 aliphatic heterocycles. The van der Waals surface area contributed by atoms with Gasteiger partial charge in [0.15, 0.2) is 0 Å². The Balaban J connectivity index is 1.56. The monoisotopic (exact) mass is 453 g/mol. The normalized spacial score (nSPS) is 11.2. The standard InChI is InChI=1S/C22H19N3O4S2/c1-28-18-7-8-20(29-2)21(13-18)31(26,27)25-17-5-3-15(4-6-17)19-14-30-22(24-19)16-9-11-23-12-10-16/h3-14,25H,1-2H3. The van der Waals surface area contributed by atoms with E-state index in [9.17, 15) is 8.42 Å². The number of rotatable bonds is 7. The molecule has 0 saturated carbocycles. The molecule has 2 aromatic carbocycles. The van der Waals surface area contributed by atoms with Gasteiger partial charge in [0.2, 0.25) is 0 Å². The summed E-state index contributed by atoms with van der Waals surface area (Å²) in [5.41, 5.74) is 3.14. The molecule has 9 heteroatoms. The first-order valence-corrected chi connectivity index (χ1v) is 11.6. The van der Waals surface area contributed by atoms with Crippen LogP contribution in [0, 0.1) is 0 Å². The third-order valence-electron chi connectivity index (χ3n) is 4.52. The van der Waals surface area contributed by atoms with E-state index in [4.69, 9.17) is 9.47 Å². The highest BCUT2D eigenvalue weighted by molar-refractivity contribution is 7.92. The Bertz CT molecular complexity index is 1290. The predicted octanol–water partition coefficient (Wildman–Crippen LogP) is 4.69. The molecular formula is C22H19N3O4S2. The molecule has 1 N–H and O–H groups in total. The van der Waals surface area contributed by atoms with E-state index in [1.54, 1.807) is 48.0 Å². The number of hydrogen-bond donors (Lipinski definition) is 1. The van der Waals surface area contributed by atoms with Crippen LogP contribution in [0.4, 0.5) is 5.69 Å². The second kappa shape index (κ2) is 8.75. The molecular weight excluding hydrogens is 434 g/mol. The first-order chi connectivity index (χ1) is 15.0. The lowest BCUT2D eigenvalue weighted by Crippen LogP contribution is -2.14. The van der Waals surface area contributed by atoms with Gasteiger partial charge in [0.25, 0.3) is 10.0 Å². The molecule has 2 aromatic heterocycles. The van der Waals surface area contributed by atoms with E-state index in [0.717, 1.165) is 21.8 Å². The van der Waals surface area contributed by atoms with E-state index in [0.29, 0.717) is 11.4 Å². The molecule has 4 rings (SSSR count). The van der Waals surface area contributed by atoms with Crippen LogP contribution < -0.4 is 14.2 Å². The molecule has 0 radical (unpaired) electrons. The van der Waals surface area contributed by atoms with Gasteiger partial charge in [0.05, 0.1) is 19.9 Å². The zero-order chi connectivity index (χ0) is 21.8. The minimum absolute atomic E-state index is 0.0000736. The molecule has 0 aliphatic carbocycles. The van der Waals surface area contributed by atoms with Gasteiger partial charge in [-0.05, 0) is 36.4 Å². The topological polar surface area (TPSA) is 90.4 Å². The number of aromatic nitrogens is 2. The predicted molar refractivity (Wildman–Crippen MR) is 121 cm³/mol. The van der Waals surface area contributed by atoms with E-state index < -0.39 is 10.0 Å². The summed E-state index contributed by atoms with van der Waals surface area (Å²) >= 11 is 1.54. The van der Waals surface area contributed by atoms with Crippen molar-refractivity contribution in [2.45, 2.75) is 4.90 Å². The van der Waals surface area contributed by atoms with Crippen molar-refractivity contribution in [3.63, 3.8) is 0 Å². The fraction of sp³-hybridized carbons (Fsp3) is 0.0909. The number of sulfonamides is 1. The molecule has 0 atom stereocenters. The van der Waals surface area contributed by atoms with Crippen molar-refractivity contribution in [2.75, 3.05) is 18.9 Å². The molecule has 2 heterocycles. The lowest BCUT2D eigenvalue weighted by atomic mass is 10.1. The Hall–Kier alpha value is -3.43. The van der Waals surface area contributed by atoms with Gasteiger partial charge in [-0.3, -0.25) is 9.71 Å². The molecule has 0 amide bonds. The van der Waals surface area contributed by atoms with Gasteiger partial charge >= 0.3 is 0 Å². The Morgan fingerprint density at radius 2 is 1.65 bits per heavy atom. The van der Waals surface area contributed by atoms with E-state index in [1.807, 2.05) is 29.6 Å². The summed E-state index contributed by atoms with van der Waals surface area (Å²) in [5, 5.41) is 2.86. The SMILES string of the molecule is COc1ccc(OC)c(S(=O)(=O)Nc2ccc(-c3csc(-c4ccncc4)n3)cc2)c1. The van der Waals surface area contributed by atoms with Crippen molar-refractivity contribution in [3.05, 3.63) is 72.4 Å². The minimum atomic E-state index is -3.87. The highest BCUT2D eigenvalue weighted by Gasteiger charge is 2.21. The summed E-state index contributed by atoms with van der Waals surface area (Å²) < 4.78 is 38.7. The molecule has 7 nitrogen and oxygen atoms in total. The fourth-order valence-corrected chi connectivity index (χ4v) is 5.03. The van der Waals surface area contributed by atoms with Crippen LogP contribution >= 0.6 is 11.3 Å². The Morgan fingerprint density at radius 3 is 2.32 bits per heavy atom. The average molecular weight is 454 g/mol. The van der Waals surface area contributed by atoms with Gasteiger partial charge in [-0.25, -0.2) is 13.4 Å². The molecule has 0 saturated heterocycles. The van der Waals surface area contributed by atoms with Gasteiger partial charge in [-0.2, -0.15) is 0 Å². The summed E-state index contributed by atoms with van der Waals surface area (Å²) in [6, 6.07) is 15.5. The van der Waals surface area contributed by atoms with E-state index >= 15 is 0 Å². The quantitative estimate of drug-likeness (QED) is 0.437. The van der Waals surface area contributed by atoms with Crippen LogP contribution in [0.3, 0.4) is 0 Å². The van der Waals surface area contributed by atoms with Crippen LogP contribution in [0.15, 0.2) is 77.3 Å². The highest BCUT2D eigenvalue weighted by atomic mass is 32.2. The number of nitrogens with zero attached hydrogens (tertiary/aromatic N) is 2. The van der Waals surface area contributed by atoms with Crippen molar-refractivity contribution in [2.24, 2.45) is 0 Å². The fourth-order valence-electron chi connectivity index (χ4n) is 2.95. The van der Waals surface area contributed by atoms with Gasteiger partial charge < -0.3 is 9.47 Å². The van der Waals surface area contributed by atoms with Gasteiger partial charge in [-0.1, -0.05) is 12.1 Å². The van der Waals surface area contributed by atoms with E-state index in [2.05, 4.69) is 14.7 Å². The lowest BCUT2D eigenvalue weighted by Gasteiger charge is -2.13. The average Bonchev–Trinajstić information content (AvgIpc) is 3.30. The van der Waals surface area contributed by atoms with E-state index in [-0.39, 0.29) is 10.6 Å². The molecule has 0 fully saturated rings. The summed E-state index contributed by atoms with van der Waals surface area (Å²) in [6.45, 7) is 0. The van der Waals surface area contributed by atoms with Crippen LogP contribution in [0.25, 0.3) is 21.8 Å². The van der Waals surface area contributed by atoms with Gasteiger partial charge in [0.1, 0.15) is 21.4 Å². The first-order valence-electron chi connectivity index (χ1n) is 9.21. The third kappa shape index (κ3) is 4.52. The summed E-state index contributed by atoms with van der Waals surface area (Å²) in [7, 11) is -0.977. The van der Waals surface area contributed by atoms with Crippen molar-refractivity contribution in [3.8, 4) is 33.3 Å². The number of hydrogen-bond acceptors (Lipinski definition) is 7. The zero-order valence-corrected chi connectivity index (χ0v) is 18.4. The lowest BCUT2D eigenvalue weighted by molar-refractivity contribution is 0.392. The molecule has 31 heavy (non-hydrogen) atoms. The molecule has 4 aromatic rings. The van der Waals surface area contributed by atoms with Gasteiger partial charge in [-0.15, -0.1) is 11.3 Å². The smallest absolute Gasteiger partial charge is 0.265 e. The minimum Gasteiger partial charge on any atom is -0.497 e. The van der Waals surface area contributed by atoms with Gasteiger partial charge in [0, 0.05) is 40.7 Å². The second-order valence-corrected chi connectivity index (χ2v) is 8.98. The maximum absolute atomic E-state index is 12.9. The maximum atomic E-state index is 12.9. The van der Waals surface area contributed by atoms with Crippen molar-refractivity contribution in [1.29, 1.82) is 0 Å². The van der Waals surface area contributed by atoms with Crippen LogP contribution in [0.5, 0.6) is 11.5 Å². The molecule has 0 bridgehead atoms. The van der Waals surface area contributed by atoms with Crippen LogP contribution in [0.2, 0.25) is 0 Å². The highest BCUT2D eigenvalue weighted by Crippen LogP contribution is 2.31. The number of methoxy groups -OCH3 is 2. The summed E-state index contributed by atoms with van der Waals surface area (Å²) in [5.74, 6) is 0.654. The van der Waals surface area contributed by atoms with Crippen LogP contribution in [-0.4, -0.2) is 32.6 Å².